The summed E-state index contributed by atoms with van der Waals surface area (Å²) in [4.78, 5) is 0. The van der Waals surface area contributed by atoms with Gasteiger partial charge < -0.3 is 4.57 Å². The Bertz CT molecular complexity index is 217. The fourth-order valence-corrected chi connectivity index (χ4v) is 1.73. The molecule has 0 bridgehead atoms. The van der Waals surface area contributed by atoms with Crippen LogP contribution in [-0.4, -0.2) is 4.57 Å². The number of aromatic nitrogens is 1. The van der Waals surface area contributed by atoms with Gasteiger partial charge in [0, 0.05) is 12.7 Å². The minimum Gasteiger partial charge on any atom is -0.342 e. The molecule has 1 aromatic rings. The molecule has 0 unspecified atom stereocenters. The van der Waals surface area contributed by atoms with Crippen molar-refractivity contribution in [3.05, 3.63) is 22.9 Å². The Kier molecular flexibility index (Phi) is 4.44. The van der Waals surface area contributed by atoms with Crippen molar-refractivity contribution >= 4 is 15.9 Å². The van der Waals surface area contributed by atoms with E-state index in [-0.39, 0.29) is 0 Å². The van der Waals surface area contributed by atoms with Gasteiger partial charge in [-0.05, 0) is 34.5 Å². The molecule has 12 heavy (non-hydrogen) atoms. The summed E-state index contributed by atoms with van der Waals surface area (Å²) in [6.45, 7) is 3.39. The smallest absolute Gasteiger partial charge is 0.0846 e. The molecule has 0 amide bonds. The highest BCUT2D eigenvalue weighted by Crippen LogP contribution is 2.12. The van der Waals surface area contributed by atoms with Gasteiger partial charge in [0.05, 0.1) is 4.60 Å². The highest BCUT2D eigenvalue weighted by molar-refractivity contribution is 9.10. The van der Waals surface area contributed by atoms with Crippen LogP contribution in [0.1, 0.15) is 32.6 Å². The molecule has 1 aromatic heterocycles. The summed E-state index contributed by atoms with van der Waals surface area (Å²) in [7, 11) is 0. The standard InChI is InChI=1S/C10H16BrN/c1-2-3-4-5-8-12-9-6-7-10(12)11/h6-7,9H,2-5,8H2,1H3. The Balaban J connectivity index is 2.20. The van der Waals surface area contributed by atoms with Crippen molar-refractivity contribution < 1.29 is 0 Å². The lowest BCUT2D eigenvalue weighted by atomic mass is 10.2. The molecule has 0 atom stereocenters. The van der Waals surface area contributed by atoms with Crippen molar-refractivity contribution in [3.63, 3.8) is 0 Å². The molecule has 0 aliphatic rings. The first-order chi connectivity index (χ1) is 5.84. The fraction of sp³-hybridized carbons (Fsp3) is 0.600. The number of halogens is 1. The zero-order valence-electron chi connectivity index (χ0n) is 7.59. The molecule has 0 saturated carbocycles. The van der Waals surface area contributed by atoms with Gasteiger partial charge in [-0.3, -0.25) is 0 Å². The molecule has 1 heterocycles. The van der Waals surface area contributed by atoms with Crippen LogP contribution in [0.2, 0.25) is 0 Å². The van der Waals surface area contributed by atoms with E-state index in [0.717, 1.165) is 6.54 Å². The quantitative estimate of drug-likeness (QED) is 0.677. The average molecular weight is 230 g/mol. The molecule has 0 aliphatic carbocycles. The number of hydrogen-bond acceptors (Lipinski definition) is 0. The van der Waals surface area contributed by atoms with Crippen LogP contribution in [0.3, 0.4) is 0 Å². The maximum absolute atomic E-state index is 3.50. The van der Waals surface area contributed by atoms with Crippen molar-refractivity contribution in [3.8, 4) is 0 Å². The normalized spacial score (nSPS) is 10.5. The van der Waals surface area contributed by atoms with Gasteiger partial charge in [0.25, 0.3) is 0 Å². The number of aryl methyl sites for hydroxylation is 1. The van der Waals surface area contributed by atoms with Crippen LogP contribution in [0.25, 0.3) is 0 Å². The summed E-state index contributed by atoms with van der Waals surface area (Å²) in [5.74, 6) is 0. The maximum atomic E-state index is 3.50. The fourth-order valence-electron chi connectivity index (χ4n) is 1.28. The van der Waals surface area contributed by atoms with E-state index in [9.17, 15) is 0 Å². The summed E-state index contributed by atoms with van der Waals surface area (Å²) in [5, 5.41) is 0. The Labute approximate surface area is 82.9 Å². The van der Waals surface area contributed by atoms with E-state index in [1.807, 2.05) is 0 Å². The summed E-state index contributed by atoms with van der Waals surface area (Å²) in [6, 6.07) is 4.16. The van der Waals surface area contributed by atoms with Crippen LogP contribution >= 0.6 is 15.9 Å². The lowest BCUT2D eigenvalue weighted by Gasteiger charge is -2.03. The number of nitrogens with zero attached hydrogens (tertiary/aromatic N) is 1. The molecule has 1 nitrogen and oxygen atoms in total. The van der Waals surface area contributed by atoms with Crippen molar-refractivity contribution in [1.29, 1.82) is 0 Å². The lowest BCUT2D eigenvalue weighted by Crippen LogP contribution is -1.95. The van der Waals surface area contributed by atoms with Crippen molar-refractivity contribution in [2.75, 3.05) is 0 Å². The summed E-state index contributed by atoms with van der Waals surface area (Å²) >= 11 is 3.50. The van der Waals surface area contributed by atoms with E-state index < -0.39 is 0 Å². The van der Waals surface area contributed by atoms with Crippen molar-refractivity contribution in [2.45, 2.75) is 39.2 Å². The second kappa shape index (κ2) is 5.41. The molecule has 0 aromatic carbocycles. The zero-order chi connectivity index (χ0) is 8.81. The summed E-state index contributed by atoms with van der Waals surface area (Å²) < 4.78 is 3.44. The largest absolute Gasteiger partial charge is 0.342 e. The van der Waals surface area contributed by atoms with Crippen molar-refractivity contribution in [1.82, 2.24) is 4.57 Å². The van der Waals surface area contributed by atoms with Crippen LogP contribution in [0.5, 0.6) is 0 Å². The zero-order valence-corrected chi connectivity index (χ0v) is 9.18. The van der Waals surface area contributed by atoms with Crippen molar-refractivity contribution in [2.24, 2.45) is 0 Å². The molecule has 0 spiro atoms. The predicted molar refractivity (Wildman–Crippen MR) is 56.3 cm³/mol. The van der Waals surface area contributed by atoms with E-state index in [2.05, 4.69) is 45.8 Å². The van der Waals surface area contributed by atoms with Gasteiger partial charge in [-0.25, -0.2) is 0 Å². The molecule has 2 heteroatoms. The molecule has 0 fully saturated rings. The highest BCUT2D eigenvalue weighted by Gasteiger charge is 1.95. The molecule has 0 N–H and O–H groups in total. The first-order valence-corrected chi connectivity index (χ1v) is 5.44. The second-order valence-corrected chi connectivity index (χ2v) is 3.90. The molecule has 0 saturated heterocycles. The van der Waals surface area contributed by atoms with E-state index in [0.29, 0.717) is 0 Å². The van der Waals surface area contributed by atoms with Crippen LogP contribution in [0.15, 0.2) is 22.9 Å². The van der Waals surface area contributed by atoms with Gasteiger partial charge in [0.1, 0.15) is 0 Å². The third kappa shape index (κ3) is 3.02. The first kappa shape index (κ1) is 9.85. The number of hydrogen-bond donors (Lipinski definition) is 0. The van der Waals surface area contributed by atoms with Gasteiger partial charge in [-0.2, -0.15) is 0 Å². The third-order valence-corrected chi connectivity index (χ3v) is 2.75. The Morgan fingerprint density at radius 3 is 2.75 bits per heavy atom. The topological polar surface area (TPSA) is 4.93 Å². The highest BCUT2D eigenvalue weighted by atomic mass is 79.9. The monoisotopic (exact) mass is 229 g/mol. The van der Waals surface area contributed by atoms with Gasteiger partial charge in [0.2, 0.25) is 0 Å². The minimum atomic E-state index is 1.15. The van der Waals surface area contributed by atoms with E-state index >= 15 is 0 Å². The van der Waals surface area contributed by atoms with E-state index in [1.165, 1.54) is 30.3 Å². The number of rotatable bonds is 5. The molecule has 0 radical (unpaired) electrons. The molecule has 0 aliphatic heterocycles. The average Bonchev–Trinajstić information content (AvgIpc) is 2.46. The Morgan fingerprint density at radius 2 is 2.17 bits per heavy atom. The van der Waals surface area contributed by atoms with Crippen LogP contribution in [0.4, 0.5) is 0 Å². The molecule has 1 rings (SSSR count). The van der Waals surface area contributed by atoms with Gasteiger partial charge in [-0.1, -0.05) is 26.2 Å². The third-order valence-electron chi connectivity index (χ3n) is 2.03. The van der Waals surface area contributed by atoms with Crippen LogP contribution in [-0.2, 0) is 6.54 Å². The Hall–Kier alpha value is -0.240. The lowest BCUT2D eigenvalue weighted by molar-refractivity contribution is 0.578. The summed E-state index contributed by atoms with van der Waals surface area (Å²) in [6.07, 6.45) is 7.43. The number of unbranched alkanes of at least 4 members (excludes halogenated alkanes) is 3. The predicted octanol–water partition coefficient (Wildman–Crippen LogP) is 3.83. The van der Waals surface area contributed by atoms with Crippen LogP contribution in [0, 0.1) is 0 Å². The molecular formula is C10H16BrN. The minimum absolute atomic E-state index is 1.15. The van der Waals surface area contributed by atoms with Gasteiger partial charge >= 0.3 is 0 Å². The Morgan fingerprint density at radius 1 is 1.33 bits per heavy atom. The SMILES string of the molecule is CCCCCCn1cccc1Br. The maximum Gasteiger partial charge on any atom is 0.0846 e. The van der Waals surface area contributed by atoms with Gasteiger partial charge in [-0.15, -0.1) is 0 Å². The van der Waals surface area contributed by atoms with E-state index in [4.69, 9.17) is 0 Å². The van der Waals surface area contributed by atoms with Gasteiger partial charge in [0.15, 0.2) is 0 Å². The molecular weight excluding hydrogens is 214 g/mol. The van der Waals surface area contributed by atoms with Crippen LogP contribution < -0.4 is 0 Å². The first-order valence-electron chi connectivity index (χ1n) is 4.65. The van der Waals surface area contributed by atoms with E-state index in [1.54, 1.807) is 0 Å². The summed E-state index contributed by atoms with van der Waals surface area (Å²) in [5.41, 5.74) is 0. The molecule has 68 valence electrons. The second-order valence-electron chi connectivity index (χ2n) is 3.08.